The van der Waals surface area contributed by atoms with Crippen LogP contribution in [0, 0.1) is 0 Å². The van der Waals surface area contributed by atoms with E-state index in [2.05, 4.69) is 22.0 Å². The first kappa shape index (κ1) is 20.3. The lowest BCUT2D eigenvalue weighted by atomic mass is 9.84. The number of esters is 1. The molecule has 0 bridgehead atoms. The molecular weight excluding hydrogens is 412 g/mol. The molecule has 6 nitrogen and oxygen atoms in total. The summed E-state index contributed by atoms with van der Waals surface area (Å²) in [5, 5.41) is 1.10. The number of halogens is 1. The number of carbonyl (C=O) groups excluding carboxylic acids is 1. The molecule has 1 fully saturated rings. The first-order chi connectivity index (χ1) is 13.2. The molecule has 1 saturated carbocycles. The van der Waals surface area contributed by atoms with Crippen LogP contribution in [0.2, 0.25) is 0 Å². The molecule has 27 heavy (non-hydrogen) atoms. The van der Waals surface area contributed by atoms with Crippen LogP contribution < -0.4 is 0 Å². The molecule has 0 spiro atoms. The second kappa shape index (κ2) is 9.66. The second-order valence-electron chi connectivity index (χ2n) is 6.77. The number of carbonyl (C=O) groups is 1. The number of rotatable bonds is 8. The Balaban J connectivity index is 2.00. The van der Waals surface area contributed by atoms with Gasteiger partial charge in [-0.2, -0.15) is 0 Å². The van der Waals surface area contributed by atoms with Crippen LogP contribution in [0.4, 0.5) is 0 Å². The van der Waals surface area contributed by atoms with E-state index in [1.807, 2.05) is 24.5 Å². The summed E-state index contributed by atoms with van der Waals surface area (Å²) in [6.07, 6.45) is 6.14. The van der Waals surface area contributed by atoms with Crippen LogP contribution in [0.1, 0.15) is 63.1 Å². The number of ether oxygens (including phenoxy) is 1. The lowest BCUT2D eigenvalue weighted by Gasteiger charge is -2.22. The number of hydrogen-bond donors (Lipinski definition) is 0. The van der Waals surface area contributed by atoms with E-state index in [9.17, 15) is 4.79 Å². The monoisotopic (exact) mass is 438 g/mol. The average molecular weight is 439 g/mol. The van der Waals surface area contributed by atoms with E-state index in [0.29, 0.717) is 19.1 Å². The molecule has 0 unspecified atom stereocenters. The third-order valence-corrected chi connectivity index (χ3v) is 5.81. The van der Waals surface area contributed by atoms with Crippen molar-refractivity contribution in [2.24, 2.45) is 0 Å². The molecule has 148 valence electrons. The molecule has 0 aliphatic heterocycles. The molecule has 7 heteroatoms. The van der Waals surface area contributed by atoms with Gasteiger partial charge < -0.3 is 9.30 Å². The van der Waals surface area contributed by atoms with Crippen LogP contribution in [-0.4, -0.2) is 28.7 Å². The maximum absolute atomic E-state index is 12.2. The smallest absolute Gasteiger partial charge is 0.326 e. The van der Waals surface area contributed by atoms with E-state index in [4.69, 9.17) is 19.5 Å². The molecule has 2 aromatic heterocycles. The predicted octanol–water partition coefficient (Wildman–Crippen LogP) is 4.88. The van der Waals surface area contributed by atoms with Gasteiger partial charge in [-0.1, -0.05) is 19.3 Å². The van der Waals surface area contributed by atoms with E-state index in [1.165, 1.54) is 37.7 Å². The summed E-state index contributed by atoms with van der Waals surface area (Å²) in [5.41, 5.74) is 2.81. The second-order valence-corrected chi connectivity index (χ2v) is 7.52. The van der Waals surface area contributed by atoms with Gasteiger partial charge in [-0.25, -0.2) is 14.8 Å². The van der Waals surface area contributed by atoms with Gasteiger partial charge in [0, 0.05) is 5.39 Å². The van der Waals surface area contributed by atoms with Gasteiger partial charge in [-0.15, -0.1) is 0 Å². The van der Waals surface area contributed by atoms with E-state index < -0.39 is 0 Å². The van der Waals surface area contributed by atoms with Crippen LogP contribution >= 0.6 is 15.9 Å². The average Bonchev–Trinajstić information content (AvgIpc) is 2.94. The molecule has 3 rings (SSSR count). The zero-order valence-electron chi connectivity index (χ0n) is 16.0. The van der Waals surface area contributed by atoms with Crippen LogP contribution in [0.5, 0.6) is 0 Å². The molecule has 0 saturated heterocycles. The summed E-state index contributed by atoms with van der Waals surface area (Å²) >= 11 is 3.76. The Labute approximate surface area is 168 Å². The highest BCUT2D eigenvalue weighted by Gasteiger charge is 2.26. The molecule has 2 aromatic rings. The van der Waals surface area contributed by atoms with Crippen molar-refractivity contribution in [2.75, 3.05) is 13.2 Å². The molecule has 0 N–H and O–H groups in total. The SMILES string of the molecule is CCOOCc1ccc2c(C3CCCCC3)c(Br)n(CC(=O)OCC)c2n1. The first-order valence-corrected chi connectivity index (χ1v) is 10.5. The maximum atomic E-state index is 12.2. The van der Waals surface area contributed by atoms with Gasteiger partial charge >= 0.3 is 5.97 Å². The number of hydrogen-bond acceptors (Lipinski definition) is 5. The van der Waals surface area contributed by atoms with Crippen molar-refractivity contribution in [1.29, 1.82) is 0 Å². The van der Waals surface area contributed by atoms with Crippen molar-refractivity contribution in [3.8, 4) is 0 Å². The Morgan fingerprint density at radius 1 is 1.19 bits per heavy atom. The van der Waals surface area contributed by atoms with E-state index in [-0.39, 0.29) is 19.1 Å². The van der Waals surface area contributed by atoms with Crippen molar-refractivity contribution in [3.63, 3.8) is 0 Å². The quantitative estimate of drug-likeness (QED) is 0.254. The Hall–Kier alpha value is -1.44. The molecule has 0 radical (unpaired) electrons. The zero-order valence-corrected chi connectivity index (χ0v) is 17.6. The lowest BCUT2D eigenvalue weighted by Crippen LogP contribution is -2.14. The fourth-order valence-electron chi connectivity index (χ4n) is 3.78. The summed E-state index contributed by atoms with van der Waals surface area (Å²) in [6.45, 7) is 4.94. The largest absolute Gasteiger partial charge is 0.465 e. The van der Waals surface area contributed by atoms with Crippen LogP contribution in [0.15, 0.2) is 16.7 Å². The molecular formula is C20H27BrN2O4. The minimum atomic E-state index is -0.261. The van der Waals surface area contributed by atoms with Crippen LogP contribution in [0.3, 0.4) is 0 Å². The van der Waals surface area contributed by atoms with Gasteiger partial charge in [0.1, 0.15) is 18.8 Å². The van der Waals surface area contributed by atoms with Crippen molar-refractivity contribution in [1.82, 2.24) is 9.55 Å². The number of nitrogens with zero attached hydrogens (tertiary/aromatic N) is 2. The summed E-state index contributed by atoms with van der Waals surface area (Å²) in [5.74, 6) is 0.231. The van der Waals surface area contributed by atoms with Crippen molar-refractivity contribution < 1.29 is 19.3 Å². The van der Waals surface area contributed by atoms with Crippen molar-refractivity contribution in [3.05, 3.63) is 28.0 Å². The number of fused-ring (bicyclic) bond motifs is 1. The molecule has 0 aromatic carbocycles. The van der Waals surface area contributed by atoms with E-state index in [1.54, 1.807) is 0 Å². The van der Waals surface area contributed by atoms with Crippen molar-refractivity contribution in [2.45, 2.75) is 65.0 Å². The molecule has 2 heterocycles. The lowest BCUT2D eigenvalue weighted by molar-refractivity contribution is -0.301. The topological polar surface area (TPSA) is 62.6 Å². The van der Waals surface area contributed by atoms with Gasteiger partial charge in [-0.3, -0.25) is 4.79 Å². The fraction of sp³-hybridized carbons (Fsp3) is 0.600. The van der Waals surface area contributed by atoms with Crippen LogP contribution in [0.25, 0.3) is 11.0 Å². The van der Waals surface area contributed by atoms with Gasteiger partial charge in [0.15, 0.2) is 0 Å². The summed E-state index contributed by atoms with van der Waals surface area (Å²) < 4.78 is 8.02. The fourth-order valence-corrected chi connectivity index (χ4v) is 4.61. The third-order valence-electron chi connectivity index (χ3n) is 4.95. The van der Waals surface area contributed by atoms with E-state index >= 15 is 0 Å². The molecule has 0 atom stereocenters. The summed E-state index contributed by atoms with van der Waals surface area (Å²) in [7, 11) is 0. The maximum Gasteiger partial charge on any atom is 0.326 e. The van der Waals surface area contributed by atoms with Crippen molar-refractivity contribution >= 4 is 32.9 Å². The number of pyridine rings is 1. The first-order valence-electron chi connectivity index (χ1n) is 9.73. The summed E-state index contributed by atoms with van der Waals surface area (Å²) in [6, 6.07) is 4.05. The Kier molecular flexibility index (Phi) is 7.26. The molecule has 1 aliphatic rings. The molecule has 0 amide bonds. The highest BCUT2D eigenvalue weighted by Crippen LogP contribution is 2.42. The summed E-state index contributed by atoms with van der Waals surface area (Å²) in [4.78, 5) is 27.0. The zero-order chi connectivity index (χ0) is 19.2. The van der Waals surface area contributed by atoms with Crippen LogP contribution in [-0.2, 0) is 32.5 Å². The normalized spacial score (nSPS) is 15.4. The Bertz CT molecular complexity index is 784. The highest BCUT2D eigenvalue weighted by atomic mass is 79.9. The third kappa shape index (κ3) is 4.70. The number of aromatic nitrogens is 2. The standard InChI is InChI=1S/C20H27BrN2O4/c1-3-25-17(24)12-23-19(21)18(14-8-6-5-7-9-14)16-11-10-15(22-20(16)23)13-27-26-4-2/h10-11,14H,3-9,12-13H2,1-2H3. The highest BCUT2D eigenvalue weighted by molar-refractivity contribution is 9.10. The predicted molar refractivity (Wildman–Crippen MR) is 106 cm³/mol. The minimum absolute atomic E-state index is 0.139. The minimum Gasteiger partial charge on any atom is -0.465 e. The molecule has 1 aliphatic carbocycles. The Morgan fingerprint density at radius 3 is 2.67 bits per heavy atom. The van der Waals surface area contributed by atoms with Gasteiger partial charge in [-0.05, 0) is 66.2 Å². The van der Waals surface area contributed by atoms with Gasteiger partial charge in [0.05, 0.1) is 23.5 Å². The van der Waals surface area contributed by atoms with E-state index in [0.717, 1.165) is 21.3 Å². The Morgan fingerprint density at radius 2 is 1.96 bits per heavy atom. The van der Waals surface area contributed by atoms with Gasteiger partial charge in [0.2, 0.25) is 0 Å². The van der Waals surface area contributed by atoms with Gasteiger partial charge in [0.25, 0.3) is 0 Å².